The number of benzene rings is 2. The molecule has 6 heteroatoms. The summed E-state index contributed by atoms with van der Waals surface area (Å²) in [6.45, 7) is 5.34. The summed E-state index contributed by atoms with van der Waals surface area (Å²) < 4.78 is 1.64. The molecule has 2 heterocycles. The van der Waals surface area contributed by atoms with E-state index in [0.717, 1.165) is 41.0 Å². The minimum Gasteiger partial charge on any atom is -0.339 e. The highest BCUT2D eigenvalue weighted by molar-refractivity contribution is 5.94. The van der Waals surface area contributed by atoms with Gasteiger partial charge in [0, 0.05) is 24.6 Å². The quantitative estimate of drug-likeness (QED) is 0.763. The van der Waals surface area contributed by atoms with Crippen molar-refractivity contribution in [3.63, 3.8) is 0 Å². The number of nitrogens with one attached hydrogen (secondary N) is 1. The third-order valence-electron chi connectivity index (χ3n) is 5.33. The second-order valence-corrected chi connectivity index (χ2v) is 7.50. The fraction of sp³-hybridized carbons (Fsp3) is 0.318. The SMILES string of the molecule is Cc1cc(C)cc(C(=O)N2CCC(c3n[nH]c(=O)n3-c3ccccc3)CC2)c1. The van der Waals surface area contributed by atoms with Crippen LogP contribution in [0.3, 0.4) is 0 Å². The maximum Gasteiger partial charge on any atom is 0.347 e. The van der Waals surface area contributed by atoms with Crippen LogP contribution in [0.5, 0.6) is 0 Å². The van der Waals surface area contributed by atoms with Gasteiger partial charge >= 0.3 is 5.69 Å². The fourth-order valence-corrected chi connectivity index (χ4v) is 4.03. The molecule has 1 saturated heterocycles. The van der Waals surface area contributed by atoms with Crippen molar-refractivity contribution in [2.75, 3.05) is 13.1 Å². The van der Waals surface area contributed by atoms with E-state index in [0.29, 0.717) is 13.1 Å². The zero-order valence-corrected chi connectivity index (χ0v) is 16.2. The summed E-state index contributed by atoms with van der Waals surface area (Å²) in [5.74, 6) is 0.963. The summed E-state index contributed by atoms with van der Waals surface area (Å²) in [7, 11) is 0. The first kappa shape index (κ1) is 18.2. The van der Waals surface area contributed by atoms with Gasteiger partial charge < -0.3 is 4.90 Å². The van der Waals surface area contributed by atoms with Gasteiger partial charge in [-0.1, -0.05) is 35.4 Å². The second-order valence-electron chi connectivity index (χ2n) is 7.50. The number of aromatic amines is 1. The van der Waals surface area contributed by atoms with E-state index in [4.69, 9.17) is 0 Å². The van der Waals surface area contributed by atoms with Gasteiger partial charge in [-0.05, 0) is 51.0 Å². The molecule has 0 aliphatic carbocycles. The Morgan fingerprint density at radius 3 is 2.32 bits per heavy atom. The first-order valence-corrected chi connectivity index (χ1v) is 9.63. The number of likely N-dealkylation sites (tertiary alicyclic amines) is 1. The van der Waals surface area contributed by atoms with Gasteiger partial charge in [-0.25, -0.2) is 14.5 Å². The van der Waals surface area contributed by atoms with Gasteiger partial charge in [-0.15, -0.1) is 0 Å². The van der Waals surface area contributed by atoms with Gasteiger partial charge in [0.2, 0.25) is 0 Å². The van der Waals surface area contributed by atoms with Gasteiger partial charge in [0.05, 0.1) is 5.69 Å². The normalized spacial score (nSPS) is 15.0. The Morgan fingerprint density at radius 2 is 1.68 bits per heavy atom. The number of carbonyl (C=O) groups excluding carboxylic acids is 1. The fourth-order valence-electron chi connectivity index (χ4n) is 4.03. The first-order valence-electron chi connectivity index (χ1n) is 9.63. The standard InChI is InChI=1S/C22H24N4O2/c1-15-12-16(2)14-18(13-15)21(27)25-10-8-17(9-11-25)20-23-24-22(28)26(20)19-6-4-3-5-7-19/h3-7,12-14,17H,8-11H2,1-2H3,(H,24,28). The Bertz CT molecular complexity index is 1020. The van der Waals surface area contributed by atoms with Crippen molar-refractivity contribution in [3.8, 4) is 5.69 Å². The van der Waals surface area contributed by atoms with Crippen LogP contribution in [-0.4, -0.2) is 38.7 Å². The number of hydrogen-bond donors (Lipinski definition) is 1. The number of carbonyl (C=O) groups is 1. The van der Waals surface area contributed by atoms with Crippen molar-refractivity contribution in [2.45, 2.75) is 32.6 Å². The maximum absolute atomic E-state index is 12.9. The van der Waals surface area contributed by atoms with E-state index in [9.17, 15) is 9.59 Å². The van der Waals surface area contributed by atoms with Crippen LogP contribution in [0.4, 0.5) is 0 Å². The minimum atomic E-state index is -0.227. The molecule has 0 spiro atoms. The summed E-state index contributed by atoms with van der Waals surface area (Å²) in [4.78, 5) is 27.1. The highest BCUT2D eigenvalue weighted by Crippen LogP contribution is 2.28. The third kappa shape index (κ3) is 3.50. The molecule has 6 nitrogen and oxygen atoms in total. The molecule has 0 atom stereocenters. The van der Waals surface area contributed by atoms with Gasteiger partial charge in [-0.3, -0.25) is 4.79 Å². The van der Waals surface area contributed by atoms with Crippen molar-refractivity contribution in [2.24, 2.45) is 0 Å². The van der Waals surface area contributed by atoms with Crippen LogP contribution in [-0.2, 0) is 0 Å². The predicted octanol–water partition coefficient (Wildman–Crippen LogP) is 3.20. The topological polar surface area (TPSA) is 71.0 Å². The highest BCUT2D eigenvalue weighted by Gasteiger charge is 2.28. The molecule has 28 heavy (non-hydrogen) atoms. The van der Waals surface area contributed by atoms with E-state index in [1.165, 1.54) is 0 Å². The lowest BCUT2D eigenvalue weighted by atomic mass is 9.95. The van der Waals surface area contributed by atoms with E-state index < -0.39 is 0 Å². The Morgan fingerprint density at radius 1 is 1.04 bits per heavy atom. The number of nitrogens with zero attached hydrogens (tertiary/aromatic N) is 3. The molecule has 4 rings (SSSR count). The van der Waals surface area contributed by atoms with Crippen LogP contribution >= 0.6 is 0 Å². The van der Waals surface area contributed by atoms with Crippen LogP contribution in [0.1, 0.15) is 46.1 Å². The Kier molecular flexibility index (Phi) is 4.86. The van der Waals surface area contributed by atoms with Gasteiger partial charge in [-0.2, -0.15) is 5.10 Å². The molecule has 3 aromatic rings. The van der Waals surface area contributed by atoms with Crippen LogP contribution in [0.25, 0.3) is 5.69 Å². The monoisotopic (exact) mass is 376 g/mol. The average Bonchev–Trinajstić information content (AvgIpc) is 3.09. The summed E-state index contributed by atoms with van der Waals surface area (Å²) >= 11 is 0. The molecular formula is C22H24N4O2. The highest BCUT2D eigenvalue weighted by atomic mass is 16.2. The van der Waals surface area contributed by atoms with Crippen molar-refractivity contribution in [1.82, 2.24) is 19.7 Å². The van der Waals surface area contributed by atoms with Crippen LogP contribution < -0.4 is 5.69 Å². The summed E-state index contributed by atoms with van der Waals surface area (Å²) in [6.07, 6.45) is 1.57. The number of para-hydroxylation sites is 1. The average molecular weight is 376 g/mol. The van der Waals surface area contributed by atoms with E-state index in [-0.39, 0.29) is 17.5 Å². The number of H-pyrrole nitrogens is 1. The molecule has 1 aliphatic rings. The van der Waals surface area contributed by atoms with Crippen molar-refractivity contribution >= 4 is 5.91 Å². The second kappa shape index (κ2) is 7.46. The van der Waals surface area contributed by atoms with E-state index in [2.05, 4.69) is 16.3 Å². The number of hydrogen-bond acceptors (Lipinski definition) is 3. The zero-order chi connectivity index (χ0) is 19.7. The van der Waals surface area contributed by atoms with Crippen LogP contribution in [0.2, 0.25) is 0 Å². The van der Waals surface area contributed by atoms with E-state index in [1.807, 2.05) is 61.2 Å². The molecule has 1 aliphatic heterocycles. The van der Waals surface area contributed by atoms with Crippen molar-refractivity contribution in [1.29, 1.82) is 0 Å². The summed E-state index contributed by atoms with van der Waals surface area (Å²) in [5, 5.41) is 6.87. The van der Waals surface area contributed by atoms with E-state index in [1.54, 1.807) is 4.57 Å². The molecule has 0 radical (unpaired) electrons. The third-order valence-corrected chi connectivity index (χ3v) is 5.33. The number of amides is 1. The molecule has 1 amide bonds. The van der Waals surface area contributed by atoms with Crippen molar-refractivity contribution in [3.05, 3.63) is 81.5 Å². The Labute approximate surface area is 163 Å². The lowest BCUT2D eigenvalue weighted by Gasteiger charge is -2.31. The van der Waals surface area contributed by atoms with Gasteiger partial charge in [0.25, 0.3) is 5.91 Å². The minimum absolute atomic E-state index is 0.0766. The lowest BCUT2D eigenvalue weighted by Crippen LogP contribution is -2.38. The molecule has 0 saturated carbocycles. The van der Waals surface area contributed by atoms with Gasteiger partial charge in [0.15, 0.2) is 0 Å². The first-order chi connectivity index (χ1) is 13.5. The van der Waals surface area contributed by atoms with Crippen LogP contribution in [0.15, 0.2) is 53.3 Å². The van der Waals surface area contributed by atoms with Gasteiger partial charge in [0.1, 0.15) is 5.82 Å². The molecule has 0 unspecified atom stereocenters. The molecular weight excluding hydrogens is 352 g/mol. The lowest BCUT2D eigenvalue weighted by molar-refractivity contribution is 0.0710. The molecule has 1 fully saturated rings. The largest absolute Gasteiger partial charge is 0.347 e. The Hall–Kier alpha value is -3.15. The number of aryl methyl sites for hydroxylation is 2. The molecule has 1 aromatic heterocycles. The zero-order valence-electron chi connectivity index (χ0n) is 16.2. The number of piperidine rings is 1. The maximum atomic E-state index is 12.9. The predicted molar refractivity (Wildman–Crippen MR) is 108 cm³/mol. The summed E-state index contributed by atoms with van der Waals surface area (Å²) in [6, 6.07) is 15.5. The smallest absolute Gasteiger partial charge is 0.339 e. The molecule has 144 valence electrons. The number of aromatic nitrogens is 3. The summed E-state index contributed by atoms with van der Waals surface area (Å²) in [5.41, 5.74) is 3.53. The number of rotatable bonds is 3. The van der Waals surface area contributed by atoms with Crippen LogP contribution in [0, 0.1) is 13.8 Å². The molecule has 2 aromatic carbocycles. The Balaban J connectivity index is 1.51. The van der Waals surface area contributed by atoms with Crippen molar-refractivity contribution < 1.29 is 4.79 Å². The van der Waals surface area contributed by atoms with E-state index >= 15 is 0 Å². The molecule has 0 bridgehead atoms. The molecule has 1 N–H and O–H groups in total.